The van der Waals surface area contributed by atoms with E-state index in [0.717, 1.165) is 36.2 Å². The molecule has 0 aliphatic heterocycles. The SMILES string of the molecule is CCCC[C@H](c1cccnc1)N(C)C(=O)NCc1cn2cc(C)ccc2n1. The molecular weight excluding hydrogens is 338 g/mol. The Bertz CT molecular complexity index is 890. The number of imidazole rings is 1. The first kappa shape index (κ1) is 18.9. The van der Waals surface area contributed by atoms with Crippen LogP contribution in [0.4, 0.5) is 4.79 Å². The fourth-order valence-electron chi connectivity index (χ4n) is 3.23. The van der Waals surface area contributed by atoms with Crippen molar-refractivity contribution in [3.05, 3.63) is 65.9 Å². The normalized spacial score (nSPS) is 12.1. The van der Waals surface area contributed by atoms with Crippen LogP contribution in [0.15, 0.2) is 49.1 Å². The van der Waals surface area contributed by atoms with Gasteiger partial charge in [0.05, 0.1) is 18.3 Å². The molecule has 3 aromatic rings. The second-order valence-electron chi connectivity index (χ2n) is 6.92. The minimum atomic E-state index is -0.104. The third-order valence-electron chi connectivity index (χ3n) is 4.76. The first-order valence-corrected chi connectivity index (χ1v) is 9.43. The van der Waals surface area contributed by atoms with Crippen LogP contribution in [0.5, 0.6) is 0 Å². The number of carbonyl (C=O) groups excluding carboxylic acids is 1. The zero-order valence-corrected chi connectivity index (χ0v) is 16.2. The number of unbranched alkanes of at least 4 members (excludes halogenated alkanes) is 1. The summed E-state index contributed by atoms with van der Waals surface area (Å²) in [6.45, 7) is 4.60. The van der Waals surface area contributed by atoms with Gasteiger partial charge in [0.2, 0.25) is 0 Å². The molecule has 6 nitrogen and oxygen atoms in total. The molecule has 27 heavy (non-hydrogen) atoms. The van der Waals surface area contributed by atoms with Crippen LogP contribution in [-0.2, 0) is 6.54 Å². The molecule has 0 saturated carbocycles. The van der Waals surface area contributed by atoms with Crippen LogP contribution in [0.25, 0.3) is 5.65 Å². The molecule has 142 valence electrons. The number of nitrogens with one attached hydrogen (secondary N) is 1. The van der Waals surface area contributed by atoms with Gasteiger partial charge in [0.25, 0.3) is 0 Å². The van der Waals surface area contributed by atoms with E-state index in [1.807, 2.05) is 61.2 Å². The van der Waals surface area contributed by atoms with E-state index in [4.69, 9.17) is 0 Å². The van der Waals surface area contributed by atoms with E-state index in [2.05, 4.69) is 22.2 Å². The van der Waals surface area contributed by atoms with Gasteiger partial charge in [-0.05, 0) is 36.6 Å². The van der Waals surface area contributed by atoms with Crippen molar-refractivity contribution in [3.8, 4) is 0 Å². The maximum atomic E-state index is 12.7. The summed E-state index contributed by atoms with van der Waals surface area (Å²) in [4.78, 5) is 23.3. The zero-order chi connectivity index (χ0) is 19.2. The number of hydrogen-bond acceptors (Lipinski definition) is 3. The van der Waals surface area contributed by atoms with Crippen LogP contribution < -0.4 is 5.32 Å². The van der Waals surface area contributed by atoms with E-state index in [9.17, 15) is 4.79 Å². The van der Waals surface area contributed by atoms with Gasteiger partial charge in [-0.15, -0.1) is 0 Å². The van der Waals surface area contributed by atoms with Crippen LogP contribution >= 0.6 is 0 Å². The number of hydrogen-bond donors (Lipinski definition) is 1. The highest BCUT2D eigenvalue weighted by Gasteiger charge is 2.21. The summed E-state index contributed by atoms with van der Waals surface area (Å²) >= 11 is 0. The molecule has 6 heteroatoms. The average molecular weight is 365 g/mol. The van der Waals surface area contributed by atoms with Gasteiger partial charge in [0.1, 0.15) is 5.65 Å². The molecule has 0 fully saturated rings. The highest BCUT2D eigenvalue weighted by Crippen LogP contribution is 2.24. The molecule has 0 saturated heterocycles. The third-order valence-corrected chi connectivity index (χ3v) is 4.76. The van der Waals surface area contributed by atoms with E-state index >= 15 is 0 Å². The largest absolute Gasteiger partial charge is 0.332 e. The van der Waals surface area contributed by atoms with Crippen molar-refractivity contribution in [3.63, 3.8) is 0 Å². The Morgan fingerprint density at radius 3 is 2.89 bits per heavy atom. The minimum absolute atomic E-state index is 0.0161. The predicted molar refractivity (Wildman–Crippen MR) is 106 cm³/mol. The Morgan fingerprint density at radius 1 is 1.30 bits per heavy atom. The molecule has 3 aromatic heterocycles. The van der Waals surface area contributed by atoms with E-state index in [-0.39, 0.29) is 12.1 Å². The number of aryl methyl sites for hydroxylation is 1. The van der Waals surface area contributed by atoms with Crippen LogP contribution in [0.3, 0.4) is 0 Å². The van der Waals surface area contributed by atoms with Gasteiger partial charge >= 0.3 is 6.03 Å². The van der Waals surface area contributed by atoms with Crippen LogP contribution in [-0.4, -0.2) is 32.3 Å². The molecule has 0 unspecified atom stereocenters. The summed E-state index contributed by atoms with van der Waals surface area (Å²) in [5, 5.41) is 2.99. The van der Waals surface area contributed by atoms with Gasteiger partial charge in [-0.1, -0.05) is 31.9 Å². The number of aromatic nitrogens is 3. The van der Waals surface area contributed by atoms with Gasteiger partial charge in [0.15, 0.2) is 0 Å². The lowest BCUT2D eigenvalue weighted by atomic mass is 10.0. The quantitative estimate of drug-likeness (QED) is 0.685. The molecule has 1 N–H and O–H groups in total. The van der Waals surface area contributed by atoms with Gasteiger partial charge in [-0.3, -0.25) is 4.98 Å². The number of nitrogens with zero attached hydrogens (tertiary/aromatic N) is 4. The number of rotatable bonds is 7. The Balaban J connectivity index is 1.67. The lowest BCUT2D eigenvalue weighted by Gasteiger charge is -2.28. The lowest BCUT2D eigenvalue weighted by molar-refractivity contribution is 0.185. The fraction of sp³-hybridized carbons (Fsp3) is 0.381. The van der Waals surface area contributed by atoms with E-state index in [1.54, 1.807) is 11.1 Å². The van der Waals surface area contributed by atoms with Crippen molar-refractivity contribution in [1.82, 2.24) is 24.6 Å². The summed E-state index contributed by atoms with van der Waals surface area (Å²) in [5.74, 6) is 0. The highest BCUT2D eigenvalue weighted by molar-refractivity contribution is 5.74. The van der Waals surface area contributed by atoms with Gasteiger partial charge in [-0.25, -0.2) is 9.78 Å². The number of urea groups is 1. The summed E-state index contributed by atoms with van der Waals surface area (Å²) in [7, 11) is 1.84. The van der Waals surface area contributed by atoms with Gasteiger partial charge in [0, 0.05) is 31.8 Å². The standard InChI is InChI=1S/C21H27N5O/c1-4-5-8-19(17-7-6-11-22-12-17)25(3)21(27)23-13-18-15-26-14-16(2)9-10-20(26)24-18/h6-7,9-12,14-15,19H,4-5,8,13H2,1-3H3,(H,23,27)/t19-/m1/s1. The average Bonchev–Trinajstić information content (AvgIpc) is 3.09. The maximum Gasteiger partial charge on any atom is 0.317 e. The molecule has 0 radical (unpaired) electrons. The van der Waals surface area contributed by atoms with Crippen molar-refractivity contribution < 1.29 is 4.79 Å². The van der Waals surface area contributed by atoms with Crippen molar-refractivity contribution in [1.29, 1.82) is 0 Å². The van der Waals surface area contributed by atoms with Crippen molar-refractivity contribution in [2.75, 3.05) is 7.05 Å². The fourth-order valence-corrected chi connectivity index (χ4v) is 3.23. The second-order valence-corrected chi connectivity index (χ2v) is 6.92. The molecule has 0 spiro atoms. The maximum absolute atomic E-state index is 12.7. The van der Waals surface area contributed by atoms with Crippen LogP contribution in [0, 0.1) is 6.92 Å². The zero-order valence-electron chi connectivity index (χ0n) is 16.2. The summed E-state index contributed by atoms with van der Waals surface area (Å²) in [6, 6.07) is 7.87. The molecule has 0 bridgehead atoms. The molecule has 3 rings (SSSR count). The topological polar surface area (TPSA) is 62.5 Å². The minimum Gasteiger partial charge on any atom is -0.332 e. The predicted octanol–water partition coefficient (Wildman–Crippen LogP) is 4.11. The highest BCUT2D eigenvalue weighted by atomic mass is 16.2. The molecule has 1 atom stereocenters. The smallest absolute Gasteiger partial charge is 0.317 e. The molecule has 0 aromatic carbocycles. The molecular formula is C21H27N5O. The Labute approximate surface area is 160 Å². The number of fused-ring (bicyclic) bond motifs is 1. The first-order chi connectivity index (χ1) is 13.1. The number of pyridine rings is 2. The first-order valence-electron chi connectivity index (χ1n) is 9.43. The molecule has 0 aliphatic rings. The van der Waals surface area contributed by atoms with Crippen molar-refractivity contribution >= 4 is 11.7 Å². The molecule has 2 amide bonds. The summed E-state index contributed by atoms with van der Waals surface area (Å²) < 4.78 is 1.99. The summed E-state index contributed by atoms with van der Waals surface area (Å²) in [5.41, 5.74) is 3.96. The number of carbonyl (C=O) groups is 1. The van der Waals surface area contributed by atoms with Gasteiger partial charge in [-0.2, -0.15) is 0 Å². The Kier molecular flexibility index (Phi) is 6.06. The second kappa shape index (κ2) is 8.66. The van der Waals surface area contributed by atoms with E-state index < -0.39 is 0 Å². The molecule has 3 heterocycles. The van der Waals surface area contributed by atoms with Gasteiger partial charge < -0.3 is 14.6 Å². The lowest BCUT2D eigenvalue weighted by Crippen LogP contribution is -2.39. The Hall–Kier alpha value is -2.89. The van der Waals surface area contributed by atoms with Crippen molar-refractivity contribution in [2.24, 2.45) is 0 Å². The Morgan fingerprint density at radius 2 is 2.15 bits per heavy atom. The third kappa shape index (κ3) is 4.64. The van der Waals surface area contributed by atoms with Crippen LogP contribution in [0.1, 0.15) is 49.0 Å². The van der Waals surface area contributed by atoms with Crippen LogP contribution in [0.2, 0.25) is 0 Å². The number of amides is 2. The van der Waals surface area contributed by atoms with E-state index in [0.29, 0.717) is 6.54 Å². The van der Waals surface area contributed by atoms with Crippen molar-refractivity contribution in [2.45, 2.75) is 45.7 Å². The monoisotopic (exact) mass is 365 g/mol. The summed E-state index contributed by atoms with van der Waals surface area (Å²) in [6.07, 6.45) is 10.6. The van der Waals surface area contributed by atoms with E-state index in [1.165, 1.54) is 5.56 Å². The molecule has 0 aliphatic carbocycles.